The monoisotopic (exact) mass is 346 g/mol. The lowest BCUT2D eigenvalue weighted by molar-refractivity contribution is 0.475. The van der Waals surface area contributed by atoms with Crippen LogP contribution in [-0.2, 0) is 19.5 Å². The quantitative estimate of drug-likeness (QED) is 0.550. The van der Waals surface area contributed by atoms with Gasteiger partial charge in [0.25, 0.3) is 0 Å². The summed E-state index contributed by atoms with van der Waals surface area (Å²) in [5.41, 5.74) is 4.07. The molecule has 0 radical (unpaired) electrons. The van der Waals surface area contributed by atoms with E-state index >= 15 is 0 Å². The van der Waals surface area contributed by atoms with Crippen LogP contribution in [0.3, 0.4) is 0 Å². The highest BCUT2D eigenvalue weighted by Crippen LogP contribution is 2.16. The second-order valence-electron chi connectivity index (χ2n) is 6.81. The zero-order chi connectivity index (χ0) is 17.5. The minimum atomic E-state index is 0.605. The van der Waals surface area contributed by atoms with Gasteiger partial charge in [0.2, 0.25) is 0 Å². The van der Waals surface area contributed by atoms with E-state index in [0.717, 1.165) is 43.5 Å². The van der Waals surface area contributed by atoms with E-state index in [1.807, 2.05) is 0 Å². The number of nitrogens with zero attached hydrogens (tertiary/aromatic N) is 3. The van der Waals surface area contributed by atoms with Gasteiger partial charge in [-0.2, -0.15) is 0 Å². The van der Waals surface area contributed by atoms with Gasteiger partial charge in [0.1, 0.15) is 5.82 Å². The van der Waals surface area contributed by atoms with Crippen LogP contribution in [0.2, 0.25) is 0 Å². The van der Waals surface area contributed by atoms with Crippen molar-refractivity contribution < 1.29 is 0 Å². The van der Waals surface area contributed by atoms with Crippen LogP contribution >= 0.6 is 11.8 Å². The van der Waals surface area contributed by atoms with Crippen molar-refractivity contribution in [1.82, 2.24) is 20.1 Å². The molecule has 1 heterocycles. The zero-order valence-corrected chi connectivity index (χ0v) is 16.4. The summed E-state index contributed by atoms with van der Waals surface area (Å²) >= 11 is 1.68. The van der Waals surface area contributed by atoms with Gasteiger partial charge in [-0.3, -0.25) is 0 Å². The van der Waals surface area contributed by atoms with Crippen LogP contribution < -0.4 is 5.32 Å². The normalized spacial score (nSPS) is 11.4. The highest BCUT2D eigenvalue weighted by molar-refractivity contribution is 7.98. The van der Waals surface area contributed by atoms with Gasteiger partial charge in [0.15, 0.2) is 5.16 Å². The molecule has 4 nitrogen and oxygen atoms in total. The second kappa shape index (κ2) is 9.23. The van der Waals surface area contributed by atoms with Crippen molar-refractivity contribution in [3.63, 3.8) is 0 Å². The molecule has 24 heavy (non-hydrogen) atoms. The first-order chi connectivity index (χ1) is 11.5. The van der Waals surface area contributed by atoms with Gasteiger partial charge >= 0.3 is 0 Å². The van der Waals surface area contributed by atoms with Crippen LogP contribution in [0.1, 0.15) is 42.8 Å². The molecule has 1 aromatic carbocycles. The molecule has 0 unspecified atom stereocenters. The van der Waals surface area contributed by atoms with Crippen LogP contribution in [0.5, 0.6) is 0 Å². The van der Waals surface area contributed by atoms with Crippen molar-refractivity contribution in [2.24, 2.45) is 5.92 Å². The summed E-state index contributed by atoms with van der Waals surface area (Å²) < 4.78 is 2.28. The van der Waals surface area contributed by atoms with E-state index in [0.29, 0.717) is 5.92 Å². The van der Waals surface area contributed by atoms with Crippen molar-refractivity contribution in [1.29, 1.82) is 0 Å². The lowest BCUT2D eigenvalue weighted by Gasteiger charge is -2.12. The lowest BCUT2D eigenvalue weighted by atomic mass is 10.1. The fraction of sp³-hybridized carbons (Fsp3) is 0.579. The van der Waals surface area contributed by atoms with Gasteiger partial charge in [-0.1, -0.05) is 43.8 Å². The highest BCUT2D eigenvalue weighted by Gasteiger charge is 2.12. The van der Waals surface area contributed by atoms with E-state index in [1.54, 1.807) is 11.8 Å². The molecule has 2 aromatic rings. The number of hydrogen-bond acceptors (Lipinski definition) is 4. The molecular formula is C19H30N4S. The standard InChI is InChI=1S/C19H30N4S/c1-14(2)13-23-18(21-22-19(23)24-5)7-6-10-20-12-17-9-8-15(3)16(4)11-17/h8-9,11,14,20H,6-7,10,12-13H2,1-5H3. The smallest absolute Gasteiger partial charge is 0.190 e. The number of thioether (sulfide) groups is 1. The SMILES string of the molecule is CSc1nnc(CCCNCc2ccc(C)c(C)c2)n1CC(C)C. The molecule has 5 heteroatoms. The minimum Gasteiger partial charge on any atom is -0.313 e. The molecule has 132 valence electrons. The third-order valence-electron chi connectivity index (χ3n) is 4.18. The maximum Gasteiger partial charge on any atom is 0.190 e. The van der Waals surface area contributed by atoms with Crippen LogP contribution in [0, 0.1) is 19.8 Å². The first-order valence-corrected chi connectivity index (χ1v) is 9.96. The topological polar surface area (TPSA) is 42.7 Å². The van der Waals surface area contributed by atoms with Crippen molar-refractivity contribution in [2.75, 3.05) is 12.8 Å². The highest BCUT2D eigenvalue weighted by atomic mass is 32.2. The Bertz CT molecular complexity index is 649. The van der Waals surface area contributed by atoms with Gasteiger partial charge in [-0.25, -0.2) is 0 Å². The van der Waals surface area contributed by atoms with Crippen LogP contribution in [0.4, 0.5) is 0 Å². The number of nitrogens with one attached hydrogen (secondary N) is 1. The predicted molar refractivity (Wildman–Crippen MR) is 103 cm³/mol. The number of aromatic nitrogens is 3. The maximum absolute atomic E-state index is 4.38. The summed E-state index contributed by atoms with van der Waals surface area (Å²) in [6.45, 7) is 11.7. The van der Waals surface area contributed by atoms with E-state index in [9.17, 15) is 0 Å². The second-order valence-corrected chi connectivity index (χ2v) is 7.58. The Labute approximate surface area is 150 Å². The molecule has 0 aliphatic heterocycles. The number of benzene rings is 1. The zero-order valence-electron chi connectivity index (χ0n) is 15.6. The molecule has 0 aliphatic rings. The molecule has 0 fully saturated rings. The third-order valence-corrected chi connectivity index (χ3v) is 4.85. The first-order valence-electron chi connectivity index (χ1n) is 8.74. The Morgan fingerprint density at radius 3 is 2.62 bits per heavy atom. The Hall–Kier alpha value is -1.33. The number of hydrogen-bond donors (Lipinski definition) is 1. The number of aryl methyl sites for hydroxylation is 3. The Balaban J connectivity index is 1.80. The van der Waals surface area contributed by atoms with Crippen molar-refractivity contribution in [3.8, 4) is 0 Å². The average molecular weight is 347 g/mol. The van der Waals surface area contributed by atoms with E-state index in [-0.39, 0.29) is 0 Å². The Morgan fingerprint density at radius 1 is 1.17 bits per heavy atom. The molecule has 0 atom stereocenters. The molecule has 0 saturated carbocycles. The molecule has 0 saturated heterocycles. The van der Waals surface area contributed by atoms with Gasteiger partial charge in [0.05, 0.1) is 0 Å². The molecule has 2 rings (SSSR count). The van der Waals surface area contributed by atoms with Crippen molar-refractivity contribution >= 4 is 11.8 Å². The predicted octanol–water partition coefficient (Wildman–Crippen LogP) is 4.00. The van der Waals surface area contributed by atoms with Crippen molar-refractivity contribution in [3.05, 3.63) is 40.7 Å². The van der Waals surface area contributed by atoms with Crippen LogP contribution in [0.15, 0.2) is 23.4 Å². The van der Waals surface area contributed by atoms with Gasteiger partial charge in [0, 0.05) is 19.5 Å². The van der Waals surface area contributed by atoms with Gasteiger partial charge < -0.3 is 9.88 Å². The molecule has 1 N–H and O–H groups in total. The van der Waals surface area contributed by atoms with E-state index < -0.39 is 0 Å². The van der Waals surface area contributed by atoms with E-state index in [1.165, 1.54) is 16.7 Å². The van der Waals surface area contributed by atoms with Gasteiger partial charge in [-0.05, 0) is 55.7 Å². The third kappa shape index (κ3) is 5.35. The Morgan fingerprint density at radius 2 is 1.96 bits per heavy atom. The summed E-state index contributed by atoms with van der Waals surface area (Å²) in [6.07, 6.45) is 4.12. The molecule has 0 aliphatic carbocycles. The fourth-order valence-corrected chi connectivity index (χ4v) is 3.24. The minimum absolute atomic E-state index is 0.605. The van der Waals surface area contributed by atoms with Crippen LogP contribution in [-0.4, -0.2) is 27.6 Å². The van der Waals surface area contributed by atoms with Crippen molar-refractivity contribution in [2.45, 2.75) is 58.8 Å². The summed E-state index contributed by atoms with van der Waals surface area (Å²) in [5.74, 6) is 1.72. The van der Waals surface area contributed by atoms with Gasteiger partial charge in [-0.15, -0.1) is 10.2 Å². The maximum atomic E-state index is 4.38. The molecule has 0 amide bonds. The summed E-state index contributed by atoms with van der Waals surface area (Å²) in [6, 6.07) is 6.68. The number of rotatable bonds is 9. The average Bonchev–Trinajstić information content (AvgIpc) is 2.91. The largest absolute Gasteiger partial charge is 0.313 e. The van der Waals surface area contributed by atoms with E-state index in [4.69, 9.17) is 0 Å². The van der Waals surface area contributed by atoms with Crippen LogP contribution in [0.25, 0.3) is 0 Å². The Kier molecular flexibility index (Phi) is 7.31. The molecule has 0 bridgehead atoms. The molecule has 0 spiro atoms. The summed E-state index contributed by atoms with van der Waals surface area (Å²) in [4.78, 5) is 0. The summed E-state index contributed by atoms with van der Waals surface area (Å²) in [7, 11) is 0. The first kappa shape index (κ1) is 19.0. The lowest BCUT2D eigenvalue weighted by Crippen LogP contribution is -2.17. The summed E-state index contributed by atoms with van der Waals surface area (Å²) in [5, 5.41) is 13.3. The molecule has 1 aromatic heterocycles. The van der Waals surface area contributed by atoms with E-state index in [2.05, 4.69) is 72.2 Å². The fourth-order valence-electron chi connectivity index (χ4n) is 2.72. The molecular weight excluding hydrogens is 316 g/mol.